The van der Waals surface area contributed by atoms with Crippen LogP contribution in [0.1, 0.15) is 10.5 Å². The molecule has 5 nitrogen and oxygen atoms in total. The summed E-state index contributed by atoms with van der Waals surface area (Å²) in [5, 5.41) is 0. The summed E-state index contributed by atoms with van der Waals surface area (Å²) in [4.78, 5) is 14.8. The first-order valence-corrected chi connectivity index (χ1v) is 3.30. The predicted molar refractivity (Wildman–Crippen MR) is 57.9 cm³/mol. The number of ether oxygens (including phenoxy) is 1. The Labute approximate surface area is 93.8 Å². The second-order valence-corrected chi connectivity index (χ2v) is 2.04. The van der Waals surface area contributed by atoms with Gasteiger partial charge in [0.15, 0.2) is 5.69 Å². The lowest BCUT2D eigenvalue weighted by atomic mass is 10.3. The maximum atomic E-state index is 10.9. The smallest absolute Gasteiger partial charge is 0.356 e. The molecular formula is C7H11Cl2N3O2. The Morgan fingerprint density at radius 2 is 2.14 bits per heavy atom. The molecule has 1 rings (SSSR count). The molecule has 0 aliphatic heterocycles. The van der Waals surface area contributed by atoms with E-state index in [-0.39, 0.29) is 30.5 Å². The fourth-order valence-electron chi connectivity index (χ4n) is 0.733. The predicted octanol–water partition coefficient (Wildman–Crippen LogP) is 0.997. The van der Waals surface area contributed by atoms with Crippen LogP contribution in [0.2, 0.25) is 0 Å². The molecule has 0 saturated heterocycles. The maximum Gasteiger partial charge on any atom is 0.356 e. The molecule has 0 aromatic carbocycles. The van der Waals surface area contributed by atoms with Gasteiger partial charge in [-0.05, 0) is 12.1 Å². The number of hydrogen-bond donors (Lipinski definition) is 2. The first kappa shape index (κ1) is 15.4. The number of pyridine rings is 1. The quantitative estimate of drug-likeness (QED) is 0.458. The monoisotopic (exact) mass is 239 g/mol. The molecule has 1 aromatic rings. The van der Waals surface area contributed by atoms with Crippen LogP contribution in [0.25, 0.3) is 0 Å². The summed E-state index contributed by atoms with van der Waals surface area (Å²) in [6.07, 6.45) is 0. The molecular weight excluding hydrogens is 229 g/mol. The van der Waals surface area contributed by atoms with Crippen molar-refractivity contribution >= 4 is 36.6 Å². The Bertz CT molecular complexity index is 296. The lowest BCUT2D eigenvalue weighted by molar-refractivity contribution is 0.0594. The number of esters is 1. The van der Waals surface area contributed by atoms with Crippen molar-refractivity contribution in [2.24, 2.45) is 5.84 Å². The summed E-state index contributed by atoms with van der Waals surface area (Å²) in [5.74, 6) is 5.04. The van der Waals surface area contributed by atoms with Crippen LogP contribution < -0.4 is 11.3 Å². The molecule has 0 unspecified atom stereocenters. The third kappa shape index (κ3) is 3.78. The van der Waals surface area contributed by atoms with E-state index in [4.69, 9.17) is 5.84 Å². The van der Waals surface area contributed by atoms with Crippen LogP contribution in [0, 0.1) is 0 Å². The van der Waals surface area contributed by atoms with Crippen molar-refractivity contribution in [2.75, 3.05) is 12.5 Å². The summed E-state index contributed by atoms with van der Waals surface area (Å²) in [6.45, 7) is 0. The Morgan fingerprint density at radius 1 is 1.50 bits per heavy atom. The number of nitrogens with one attached hydrogen (secondary N) is 1. The average molecular weight is 240 g/mol. The van der Waals surface area contributed by atoms with Crippen LogP contribution in [0.5, 0.6) is 0 Å². The highest BCUT2D eigenvalue weighted by atomic mass is 35.5. The highest BCUT2D eigenvalue weighted by Gasteiger charge is 2.05. The average Bonchev–Trinajstić information content (AvgIpc) is 2.17. The van der Waals surface area contributed by atoms with E-state index in [0.29, 0.717) is 5.82 Å². The number of aromatic nitrogens is 1. The van der Waals surface area contributed by atoms with Gasteiger partial charge in [-0.3, -0.25) is 0 Å². The van der Waals surface area contributed by atoms with Crippen LogP contribution in [0.4, 0.5) is 5.82 Å². The molecule has 0 radical (unpaired) electrons. The number of nitrogens with two attached hydrogens (primary N) is 1. The number of nitrogen functional groups attached to an aromatic ring is 1. The van der Waals surface area contributed by atoms with Gasteiger partial charge in [-0.15, -0.1) is 24.8 Å². The lowest BCUT2D eigenvalue weighted by Gasteiger charge is -2.00. The summed E-state index contributed by atoms with van der Waals surface area (Å²) in [5.41, 5.74) is 2.56. The first-order chi connectivity index (χ1) is 5.77. The summed E-state index contributed by atoms with van der Waals surface area (Å²) < 4.78 is 4.47. The van der Waals surface area contributed by atoms with Crippen molar-refractivity contribution < 1.29 is 9.53 Å². The molecule has 0 aliphatic rings. The number of halogens is 2. The van der Waals surface area contributed by atoms with Crippen LogP contribution in [0.15, 0.2) is 18.2 Å². The number of nitrogens with zero attached hydrogens (tertiary/aromatic N) is 1. The zero-order valence-electron chi connectivity index (χ0n) is 7.39. The van der Waals surface area contributed by atoms with E-state index in [1.807, 2.05) is 0 Å². The summed E-state index contributed by atoms with van der Waals surface area (Å²) in [6, 6.07) is 4.85. The Morgan fingerprint density at radius 3 is 2.64 bits per heavy atom. The van der Waals surface area contributed by atoms with Crippen molar-refractivity contribution in [3.8, 4) is 0 Å². The van der Waals surface area contributed by atoms with E-state index in [0.717, 1.165) is 0 Å². The molecule has 0 bridgehead atoms. The highest BCUT2D eigenvalue weighted by Crippen LogP contribution is 2.03. The molecule has 1 aromatic heterocycles. The third-order valence-corrected chi connectivity index (χ3v) is 1.29. The molecule has 3 N–H and O–H groups in total. The van der Waals surface area contributed by atoms with Gasteiger partial charge in [0.1, 0.15) is 5.82 Å². The van der Waals surface area contributed by atoms with E-state index in [2.05, 4.69) is 15.1 Å². The SMILES string of the molecule is COC(=O)c1cccc(NN)n1.Cl.Cl. The van der Waals surface area contributed by atoms with Crippen LogP contribution in [-0.2, 0) is 4.74 Å². The van der Waals surface area contributed by atoms with Gasteiger partial charge >= 0.3 is 5.97 Å². The minimum Gasteiger partial charge on any atom is -0.464 e. The van der Waals surface area contributed by atoms with E-state index in [9.17, 15) is 4.79 Å². The largest absolute Gasteiger partial charge is 0.464 e. The molecule has 7 heteroatoms. The van der Waals surface area contributed by atoms with Crippen LogP contribution in [-0.4, -0.2) is 18.1 Å². The van der Waals surface area contributed by atoms with Crippen LogP contribution >= 0.6 is 24.8 Å². The van der Waals surface area contributed by atoms with Gasteiger partial charge < -0.3 is 10.2 Å². The van der Waals surface area contributed by atoms with Crippen molar-refractivity contribution in [1.82, 2.24) is 4.98 Å². The van der Waals surface area contributed by atoms with Gasteiger partial charge in [0, 0.05) is 0 Å². The molecule has 1 heterocycles. The Hall–Kier alpha value is -1.04. The first-order valence-electron chi connectivity index (χ1n) is 3.30. The summed E-state index contributed by atoms with van der Waals surface area (Å²) >= 11 is 0. The molecule has 0 atom stereocenters. The number of rotatable bonds is 2. The number of anilines is 1. The van der Waals surface area contributed by atoms with Crippen molar-refractivity contribution in [3.05, 3.63) is 23.9 Å². The standard InChI is InChI=1S/C7H9N3O2.2ClH/c1-12-7(11)5-3-2-4-6(9-5)10-8;;/h2-4H,8H2,1H3,(H,9,10);2*1H. The van der Waals surface area contributed by atoms with Gasteiger partial charge in [-0.25, -0.2) is 15.6 Å². The van der Waals surface area contributed by atoms with Gasteiger partial charge in [0.2, 0.25) is 0 Å². The second-order valence-electron chi connectivity index (χ2n) is 2.04. The van der Waals surface area contributed by atoms with E-state index < -0.39 is 5.97 Å². The van der Waals surface area contributed by atoms with Crippen molar-refractivity contribution in [1.29, 1.82) is 0 Å². The van der Waals surface area contributed by atoms with Gasteiger partial charge in [0.25, 0.3) is 0 Å². The van der Waals surface area contributed by atoms with E-state index >= 15 is 0 Å². The van der Waals surface area contributed by atoms with E-state index in [1.54, 1.807) is 18.2 Å². The van der Waals surface area contributed by atoms with Crippen molar-refractivity contribution in [3.63, 3.8) is 0 Å². The van der Waals surface area contributed by atoms with Gasteiger partial charge in [0.05, 0.1) is 7.11 Å². The maximum absolute atomic E-state index is 10.9. The molecule has 0 spiro atoms. The van der Waals surface area contributed by atoms with Gasteiger partial charge in [-0.2, -0.15) is 0 Å². The number of carbonyl (C=O) groups is 1. The number of hydrazine groups is 1. The summed E-state index contributed by atoms with van der Waals surface area (Å²) in [7, 11) is 1.30. The minimum atomic E-state index is -0.480. The Balaban J connectivity index is 0. The topological polar surface area (TPSA) is 77.2 Å². The van der Waals surface area contributed by atoms with Crippen molar-refractivity contribution in [2.45, 2.75) is 0 Å². The molecule has 0 fully saturated rings. The minimum absolute atomic E-state index is 0. The fraction of sp³-hybridized carbons (Fsp3) is 0.143. The fourth-order valence-corrected chi connectivity index (χ4v) is 0.733. The Kier molecular flexibility index (Phi) is 8.13. The normalized spacial score (nSPS) is 7.86. The molecule has 14 heavy (non-hydrogen) atoms. The zero-order chi connectivity index (χ0) is 8.97. The second kappa shape index (κ2) is 7.37. The molecule has 0 aliphatic carbocycles. The van der Waals surface area contributed by atoms with Gasteiger partial charge in [-0.1, -0.05) is 6.07 Å². The third-order valence-electron chi connectivity index (χ3n) is 1.29. The van der Waals surface area contributed by atoms with E-state index in [1.165, 1.54) is 7.11 Å². The van der Waals surface area contributed by atoms with Crippen LogP contribution in [0.3, 0.4) is 0 Å². The highest BCUT2D eigenvalue weighted by molar-refractivity contribution is 5.87. The number of carbonyl (C=O) groups excluding carboxylic acids is 1. The molecule has 0 amide bonds. The number of hydrogen-bond acceptors (Lipinski definition) is 5. The molecule has 80 valence electrons. The zero-order valence-corrected chi connectivity index (χ0v) is 9.02. The number of methoxy groups -OCH3 is 1. The lowest BCUT2D eigenvalue weighted by Crippen LogP contribution is -2.11. The molecule has 0 saturated carbocycles.